The molecule has 0 aromatic heterocycles. The molecule has 1 fully saturated rings. The van der Waals surface area contributed by atoms with Crippen LogP contribution in [0.3, 0.4) is 0 Å². The van der Waals surface area contributed by atoms with E-state index < -0.39 is 29.7 Å². The SMILES string of the molecule is COc1cc(Br)cc2c1C(=O)N(C1CCC(=O)NC1=O)C2=O. The Morgan fingerprint density at radius 2 is 1.95 bits per heavy atom. The number of methoxy groups -OCH3 is 1. The van der Waals surface area contributed by atoms with Crippen molar-refractivity contribution in [3.8, 4) is 5.75 Å². The Balaban J connectivity index is 2.04. The predicted molar refractivity (Wildman–Crippen MR) is 77.4 cm³/mol. The lowest BCUT2D eigenvalue weighted by Crippen LogP contribution is -2.54. The highest BCUT2D eigenvalue weighted by Gasteiger charge is 2.46. The summed E-state index contributed by atoms with van der Waals surface area (Å²) in [4.78, 5) is 49.1. The van der Waals surface area contributed by atoms with Crippen LogP contribution < -0.4 is 10.1 Å². The van der Waals surface area contributed by atoms with Crippen LogP contribution in [-0.4, -0.2) is 41.7 Å². The minimum Gasteiger partial charge on any atom is -0.496 e. The zero-order chi connectivity index (χ0) is 16.0. The summed E-state index contributed by atoms with van der Waals surface area (Å²) in [5.41, 5.74) is 0.321. The van der Waals surface area contributed by atoms with Crippen LogP contribution in [0.5, 0.6) is 5.75 Å². The minimum atomic E-state index is -0.978. The van der Waals surface area contributed by atoms with Gasteiger partial charge in [0.1, 0.15) is 11.8 Å². The molecule has 0 spiro atoms. The summed E-state index contributed by atoms with van der Waals surface area (Å²) in [7, 11) is 1.40. The predicted octanol–water partition coefficient (Wildman–Crippen LogP) is 0.859. The number of amides is 4. The van der Waals surface area contributed by atoms with Gasteiger partial charge in [0.2, 0.25) is 11.8 Å². The lowest BCUT2D eigenvalue weighted by Gasteiger charge is -2.27. The van der Waals surface area contributed by atoms with Gasteiger partial charge in [0, 0.05) is 10.9 Å². The van der Waals surface area contributed by atoms with Gasteiger partial charge in [-0.25, -0.2) is 0 Å². The van der Waals surface area contributed by atoms with Gasteiger partial charge in [0.05, 0.1) is 18.2 Å². The van der Waals surface area contributed by atoms with Gasteiger partial charge in [0.15, 0.2) is 0 Å². The van der Waals surface area contributed by atoms with E-state index in [0.29, 0.717) is 4.47 Å². The Kier molecular flexibility index (Phi) is 3.48. The number of nitrogens with zero attached hydrogens (tertiary/aromatic N) is 1. The van der Waals surface area contributed by atoms with Crippen LogP contribution in [0.1, 0.15) is 33.6 Å². The molecular weight excluding hydrogens is 356 g/mol. The monoisotopic (exact) mass is 366 g/mol. The van der Waals surface area contributed by atoms with Crippen molar-refractivity contribution < 1.29 is 23.9 Å². The second kappa shape index (κ2) is 5.20. The summed E-state index contributed by atoms with van der Waals surface area (Å²) in [5, 5.41) is 2.15. The fourth-order valence-electron chi connectivity index (χ4n) is 2.69. The Bertz CT molecular complexity index is 730. The number of hydrogen-bond acceptors (Lipinski definition) is 5. The largest absolute Gasteiger partial charge is 0.496 e. The van der Waals surface area contributed by atoms with E-state index in [9.17, 15) is 19.2 Å². The molecule has 3 rings (SSSR count). The summed E-state index contributed by atoms with van der Waals surface area (Å²) in [5.74, 6) is -1.92. The van der Waals surface area contributed by atoms with Gasteiger partial charge in [-0.1, -0.05) is 15.9 Å². The maximum atomic E-state index is 12.6. The highest BCUT2D eigenvalue weighted by molar-refractivity contribution is 9.10. The molecule has 1 aromatic carbocycles. The molecule has 114 valence electrons. The second-order valence-corrected chi connectivity index (χ2v) is 5.89. The van der Waals surface area contributed by atoms with E-state index in [1.54, 1.807) is 6.07 Å². The molecule has 1 saturated heterocycles. The molecule has 2 aliphatic rings. The molecule has 2 aliphatic heterocycles. The van der Waals surface area contributed by atoms with Crippen molar-refractivity contribution in [1.82, 2.24) is 10.2 Å². The fourth-order valence-corrected chi connectivity index (χ4v) is 3.12. The molecule has 0 aliphatic carbocycles. The Morgan fingerprint density at radius 3 is 2.59 bits per heavy atom. The standard InChI is InChI=1S/C14H11BrN2O5/c1-22-9-5-6(15)4-7-11(9)14(21)17(13(7)20)8-2-3-10(18)16-12(8)19/h4-5,8H,2-3H2,1H3,(H,16,18,19). The Hall–Kier alpha value is -2.22. The molecule has 1 N–H and O–H groups in total. The maximum absolute atomic E-state index is 12.6. The fraction of sp³-hybridized carbons (Fsp3) is 0.286. The molecule has 1 unspecified atom stereocenters. The average Bonchev–Trinajstić information content (AvgIpc) is 2.71. The number of imide groups is 2. The molecule has 1 aromatic rings. The van der Waals surface area contributed by atoms with Crippen LogP contribution in [0.25, 0.3) is 0 Å². The quantitative estimate of drug-likeness (QED) is 0.783. The Labute approximate surface area is 133 Å². The van der Waals surface area contributed by atoms with Gasteiger partial charge in [-0.2, -0.15) is 0 Å². The molecule has 22 heavy (non-hydrogen) atoms. The molecule has 0 saturated carbocycles. The highest BCUT2D eigenvalue weighted by atomic mass is 79.9. The number of carbonyl (C=O) groups excluding carboxylic acids is 4. The van der Waals surface area contributed by atoms with E-state index in [4.69, 9.17) is 4.74 Å². The molecule has 0 radical (unpaired) electrons. The van der Waals surface area contributed by atoms with E-state index in [1.165, 1.54) is 13.2 Å². The summed E-state index contributed by atoms with van der Waals surface area (Å²) in [6.45, 7) is 0. The normalized spacial score (nSPS) is 21.0. The van der Waals surface area contributed by atoms with E-state index in [0.717, 1.165) is 4.90 Å². The van der Waals surface area contributed by atoms with Crippen LogP contribution in [0.4, 0.5) is 0 Å². The number of piperidine rings is 1. The summed E-state index contributed by atoms with van der Waals surface area (Å²) in [6, 6.07) is 2.12. The number of carbonyl (C=O) groups is 4. The van der Waals surface area contributed by atoms with Gasteiger partial charge in [-0.05, 0) is 18.6 Å². The number of hydrogen-bond donors (Lipinski definition) is 1. The summed E-state index contributed by atoms with van der Waals surface area (Å²) >= 11 is 3.25. The van der Waals surface area contributed by atoms with Crippen molar-refractivity contribution in [3.63, 3.8) is 0 Å². The molecule has 8 heteroatoms. The highest BCUT2D eigenvalue weighted by Crippen LogP contribution is 2.36. The second-order valence-electron chi connectivity index (χ2n) is 4.98. The van der Waals surface area contributed by atoms with Gasteiger partial charge < -0.3 is 4.74 Å². The summed E-state index contributed by atoms with van der Waals surface area (Å²) in [6.07, 6.45) is 0.213. The number of halogens is 1. The van der Waals surface area contributed by atoms with Crippen LogP contribution in [0.2, 0.25) is 0 Å². The third-order valence-electron chi connectivity index (χ3n) is 3.69. The third-order valence-corrected chi connectivity index (χ3v) is 4.15. The van der Waals surface area contributed by atoms with Crippen molar-refractivity contribution in [3.05, 3.63) is 27.7 Å². The molecule has 2 heterocycles. The molecule has 4 amide bonds. The third kappa shape index (κ3) is 2.10. The van der Waals surface area contributed by atoms with Crippen molar-refractivity contribution in [2.24, 2.45) is 0 Å². The first-order valence-electron chi connectivity index (χ1n) is 6.53. The zero-order valence-corrected chi connectivity index (χ0v) is 13.1. The first-order chi connectivity index (χ1) is 10.4. The number of nitrogens with one attached hydrogen (secondary N) is 1. The van der Waals surface area contributed by atoms with E-state index >= 15 is 0 Å². The molecule has 1 atom stereocenters. The van der Waals surface area contributed by atoms with Gasteiger partial charge in [-0.3, -0.25) is 29.4 Å². The van der Waals surface area contributed by atoms with Crippen LogP contribution in [0.15, 0.2) is 16.6 Å². The molecule has 7 nitrogen and oxygen atoms in total. The lowest BCUT2D eigenvalue weighted by molar-refractivity contribution is -0.136. The van der Waals surface area contributed by atoms with Crippen molar-refractivity contribution in [1.29, 1.82) is 0 Å². The van der Waals surface area contributed by atoms with Gasteiger partial charge >= 0.3 is 0 Å². The molecular formula is C14H11BrN2O5. The number of rotatable bonds is 2. The topological polar surface area (TPSA) is 92.8 Å². The smallest absolute Gasteiger partial charge is 0.266 e. The van der Waals surface area contributed by atoms with Gasteiger partial charge in [0.25, 0.3) is 11.8 Å². The lowest BCUT2D eigenvalue weighted by atomic mass is 10.0. The number of fused-ring (bicyclic) bond motifs is 1. The average molecular weight is 367 g/mol. The van der Waals surface area contributed by atoms with Crippen molar-refractivity contribution >= 4 is 39.6 Å². The van der Waals surface area contributed by atoms with E-state index in [1.807, 2.05) is 0 Å². The van der Waals surface area contributed by atoms with Crippen LogP contribution in [0, 0.1) is 0 Å². The van der Waals surface area contributed by atoms with Crippen LogP contribution >= 0.6 is 15.9 Å². The Morgan fingerprint density at radius 1 is 1.23 bits per heavy atom. The first kappa shape index (κ1) is 14.7. The number of ether oxygens (including phenoxy) is 1. The van der Waals surface area contributed by atoms with Crippen LogP contribution in [-0.2, 0) is 9.59 Å². The molecule has 0 bridgehead atoms. The van der Waals surface area contributed by atoms with Crippen molar-refractivity contribution in [2.75, 3.05) is 7.11 Å². The summed E-state index contributed by atoms with van der Waals surface area (Å²) < 4.78 is 5.74. The van der Waals surface area contributed by atoms with Gasteiger partial charge in [-0.15, -0.1) is 0 Å². The number of benzene rings is 1. The maximum Gasteiger partial charge on any atom is 0.266 e. The minimum absolute atomic E-state index is 0.0879. The van der Waals surface area contributed by atoms with E-state index in [-0.39, 0.29) is 29.7 Å². The zero-order valence-electron chi connectivity index (χ0n) is 11.5. The van der Waals surface area contributed by atoms with E-state index in [2.05, 4.69) is 21.2 Å². The first-order valence-corrected chi connectivity index (χ1v) is 7.32. The van der Waals surface area contributed by atoms with Crippen molar-refractivity contribution in [2.45, 2.75) is 18.9 Å².